The fraction of sp³-hybridized carbons (Fsp3) is 0.600. The maximum atomic E-state index is 9.93. The Bertz CT molecular complexity index is 542. The number of hydrogen-bond donors (Lipinski definition) is 6. The Kier molecular flexibility index (Phi) is 4.38. The summed E-state index contributed by atoms with van der Waals surface area (Å²) in [4.78, 5) is 0. The van der Waals surface area contributed by atoms with Crippen molar-refractivity contribution in [3.05, 3.63) is 23.3 Å². The highest BCUT2D eigenvalue weighted by atomic mass is 16.5. The third-order valence-electron chi connectivity index (χ3n) is 3.75. The minimum atomic E-state index is -2.11. The van der Waals surface area contributed by atoms with E-state index in [1.807, 2.05) is 32.9 Å². The maximum absolute atomic E-state index is 9.93. The molecule has 7 heteroatoms. The molecule has 0 saturated carbocycles. The molecule has 1 aromatic rings. The first-order valence-corrected chi connectivity index (χ1v) is 7.37. The first kappa shape index (κ1) is 17.0. The number of nitrogens with two attached hydrogens (primary N) is 3. The van der Waals surface area contributed by atoms with Gasteiger partial charge < -0.3 is 32.2 Å². The van der Waals surface area contributed by atoms with Crippen LogP contribution in [-0.2, 0) is 0 Å². The zero-order chi connectivity index (χ0) is 16.7. The van der Waals surface area contributed by atoms with Gasteiger partial charge in [0, 0.05) is 6.42 Å². The van der Waals surface area contributed by atoms with Crippen molar-refractivity contribution in [2.45, 2.75) is 57.3 Å². The van der Waals surface area contributed by atoms with Crippen LogP contribution < -0.4 is 27.3 Å². The van der Waals surface area contributed by atoms with Crippen molar-refractivity contribution in [1.82, 2.24) is 5.32 Å². The summed E-state index contributed by atoms with van der Waals surface area (Å²) < 4.78 is 5.71. The molecule has 0 amide bonds. The Labute approximate surface area is 130 Å². The molecule has 1 aliphatic heterocycles. The lowest BCUT2D eigenvalue weighted by molar-refractivity contribution is -0.223. The van der Waals surface area contributed by atoms with Crippen molar-refractivity contribution in [3.8, 4) is 5.75 Å². The first-order chi connectivity index (χ1) is 9.99. The van der Waals surface area contributed by atoms with Gasteiger partial charge in [0.2, 0.25) is 5.91 Å². The van der Waals surface area contributed by atoms with Gasteiger partial charge in [-0.1, -0.05) is 0 Å². The van der Waals surface area contributed by atoms with Crippen LogP contribution in [0.5, 0.6) is 5.75 Å². The van der Waals surface area contributed by atoms with E-state index in [0.29, 0.717) is 17.9 Å². The summed E-state index contributed by atoms with van der Waals surface area (Å²) in [6.07, 6.45) is 0.431. The van der Waals surface area contributed by atoms with Crippen molar-refractivity contribution < 1.29 is 14.9 Å². The Morgan fingerprint density at radius 2 is 1.91 bits per heavy atom. The number of anilines is 1. The van der Waals surface area contributed by atoms with Crippen molar-refractivity contribution in [2.24, 2.45) is 11.5 Å². The van der Waals surface area contributed by atoms with Crippen LogP contribution in [0, 0.1) is 6.92 Å². The van der Waals surface area contributed by atoms with E-state index >= 15 is 0 Å². The molecular weight excluding hydrogens is 284 g/mol. The zero-order valence-corrected chi connectivity index (χ0v) is 13.3. The van der Waals surface area contributed by atoms with E-state index in [9.17, 15) is 10.2 Å². The standard InChI is InChI=1S/C15H26N4O3/c1-8(2)22-13-5-11(9(3)4-12(13)16)10-6-14(17,18)19-15(20,21)7-10/h4-5,8,10,19-21H,6-7,16-18H2,1-3H3. The molecule has 7 nitrogen and oxygen atoms in total. The van der Waals surface area contributed by atoms with Gasteiger partial charge in [0.05, 0.1) is 11.8 Å². The molecule has 1 aliphatic rings. The molecule has 0 spiro atoms. The van der Waals surface area contributed by atoms with Crippen molar-refractivity contribution in [3.63, 3.8) is 0 Å². The fourth-order valence-electron chi connectivity index (χ4n) is 3.04. The number of ether oxygens (including phenoxy) is 1. The first-order valence-electron chi connectivity index (χ1n) is 7.37. The molecular formula is C15H26N4O3. The lowest BCUT2D eigenvalue weighted by atomic mass is 9.82. The fourth-order valence-corrected chi connectivity index (χ4v) is 3.04. The Morgan fingerprint density at radius 3 is 2.45 bits per heavy atom. The Balaban J connectivity index is 2.38. The Morgan fingerprint density at radius 1 is 1.27 bits per heavy atom. The third kappa shape index (κ3) is 3.88. The van der Waals surface area contributed by atoms with Crippen LogP contribution in [-0.4, -0.2) is 28.0 Å². The highest BCUT2D eigenvalue weighted by molar-refractivity contribution is 5.57. The van der Waals surface area contributed by atoms with E-state index in [-0.39, 0.29) is 18.4 Å². The molecule has 2 rings (SSSR count). The van der Waals surface area contributed by atoms with E-state index < -0.39 is 11.7 Å². The van der Waals surface area contributed by atoms with E-state index in [1.165, 1.54) is 0 Å². The lowest BCUT2D eigenvalue weighted by Crippen LogP contribution is -2.72. The lowest BCUT2D eigenvalue weighted by Gasteiger charge is -2.43. The summed E-state index contributed by atoms with van der Waals surface area (Å²) in [7, 11) is 0. The van der Waals surface area contributed by atoms with Crippen LogP contribution in [0.2, 0.25) is 0 Å². The number of aliphatic hydroxyl groups is 2. The predicted octanol–water partition coefficient (Wildman–Crippen LogP) is 0.0410. The number of hydrogen-bond acceptors (Lipinski definition) is 7. The van der Waals surface area contributed by atoms with Crippen molar-refractivity contribution in [1.29, 1.82) is 0 Å². The monoisotopic (exact) mass is 310 g/mol. The van der Waals surface area contributed by atoms with Gasteiger partial charge in [0.1, 0.15) is 11.5 Å². The highest BCUT2D eigenvalue weighted by Crippen LogP contribution is 2.39. The van der Waals surface area contributed by atoms with Gasteiger partial charge in [-0.2, -0.15) is 0 Å². The molecule has 1 atom stereocenters. The number of nitrogen functional groups attached to an aromatic ring is 1. The molecule has 0 aromatic heterocycles. The second-order valence-electron chi connectivity index (χ2n) is 6.50. The van der Waals surface area contributed by atoms with Crippen LogP contribution >= 0.6 is 0 Å². The number of benzene rings is 1. The Hall–Kier alpha value is -1.38. The summed E-state index contributed by atoms with van der Waals surface area (Å²) in [5, 5.41) is 22.3. The largest absolute Gasteiger partial charge is 0.489 e. The summed E-state index contributed by atoms with van der Waals surface area (Å²) >= 11 is 0. The molecule has 1 heterocycles. The zero-order valence-electron chi connectivity index (χ0n) is 13.3. The van der Waals surface area contributed by atoms with Gasteiger partial charge in [-0.25, -0.2) is 5.32 Å². The molecule has 0 bridgehead atoms. The summed E-state index contributed by atoms with van der Waals surface area (Å²) in [6.45, 7) is 5.75. The molecule has 22 heavy (non-hydrogen) atoms. The average molecular weight is 310 g/mol. The SMILES string of the molecule is Cc1cc(N)c(OC(C)C)cc1C1CC(N)(N)NC(O)(O)C1. The number of rotatable bonds is 3. The summed E-state index contributed by atoms with van der Waals surface area (Å²) in [5.41, 5.74) is 20.1. The molecule has 1 aromatic carbocycles. The topological polar surface area (TPSA) is 140 Å². The predicted molar refractivity (Wildman–Crippen MR) is 84.7 cm³/mol. The minimum absolute atomic E-state index is 0.0104. The van der Waals surface area contributed by atoms with E-state index in [1.54, 1.807) is 0 Å². The van der Waals surface area contributed by atoms with Gasteiger partial charge in [-0.15, -0.1) is 0 Å². The molecule has 0 radical (unpaired) electrons. The molecule has 1 unspecified atom stereocenters. The van der Waals surface area contributed by atoms with E-state index in [4.69, 9.17) is 21.9 Å². The maximum Gasteiger partial charge on any atom is 0.225 e. The smallest absolute Gasteiger partial charge is 0.225 e. The van der Waals surface area contributed by atoms with Crippen LogP contribution in [0.25, 0.3) is 0 Å². The number of piperidine rings is 1. The van der Waals surface area contributed by atoms with Gasteiger partial charge >= 0.3 is 0 Å². The normalized spacial score (nSPS) is 23.5. The van der Waals surface area contributed by atoms with Crippen molar-refractivity contribution in [2.75, 3.05) is 5.73 Å². The molecule has 9 N–H and O–H groups in total. The molecule has 1 fully saturated rings. The number of nitrogens with one attached hydrogen (secondary N) is 1. The van der Waals surface area contributed by atoms with Crippen LogP contribution in [0.15, 0.2) is 12.1 Å². The van der Waals surface area contributed by atoms with E-state index in [2.05, 4.69) is 5.32 Å². The highest BCUT2D eigenvalue weighted by Gasteiger charge is 2.43. The van der Waals surface area contributed by atoms with Crippen LogP contribution in [0.4, 0.5) is 5.69 Å². The van der Waals surface area contributed by atoms with Crippen LogP contribution in [0.1, 0.15) is 43.7 Å². The van der Waals surface area contributed by atoms with Crippen LogP contribution in [0.3, 0.4) is 0 Å². The van der Waals surface area contributed by atoms with E-state index in [0.717, 1.165) is 11.1 Å². The van der Waals surface area contributed by atoms with Gasteiger partial charge in [-0.3, -0.25) is 0 Å². The second kappa shape index (κ2) is 5.68. The molecule has 124 valence electrons. The quantitative estimate of drug-likeness (QED) is 0.342. The second-order valence-corrected chi connectivity index (χ2v) is 6.50. The number of aryl methyl sites for hydroxylation is 1. The minimum Gasteiger partial charge on any atom is -0.489 e. The third-order valence-corrected chi connectivity index (χ3v) is 3.75. The van der Waals surface area contributed by atoms with Crippen molar-refractivity contribution >= 4 is 5.69 Å². The molecule has 0 aliphatic carbocycles. The molecule has 1 saturated heterocycles. The summed E-state index contributed by atoms with van der Waals surface area (Å²) in [6, 6.07) is 3.66. The average Bonchev–Trinajstić information content (AvgIpc) is 2.27. The summed E-state index contributed by atoms with van der Waals surface area (Å²) in [5.74, 6) is -3.12. The van der Waals surface area contributed by atoms with Gasteiger partial charge in [0.15, 0.2) is 0 Å². The van der Waals surface area contributed by atoms with Gasteiger partial charge in [-0.05, 0) is 56.4 Å². The van der Waals surface area contributed by atoms with Gasteiger partial charge in [0.25, 0.3) is 0 Å².